The van der Waals surface area contributed by atoms with Crippen LogP contribution in [0.4, 0.5) is 0 Å². The molecule has 3 heterocycles. The second-order valence-corrected chi connectivity index (χ2v) is 7.79. The first-order chi connectivity index (χ1) is 12.1. The zero-order valence-electron chi connectivity index (χ0n) is 15.3. The van der Waals surface area contributed by atoms with Crippen LogP contribution in [0.2, 0.25) is 0 Å². The topological polar surface area (TPSA) is 8.17 Å². The molecule has 2 aliphatic heterocycles. The summed E-state index contributed by atoms with van der Waals surface area (Å²) >= 11 is 0. The van der Waals surface area contributed by atoms with Gasteiger partial charge in [0.15, 0.2) is 0 Å². The van der Waals surface area contributed by atoms with Gasteiger partial charge in [-0.2, -0.15) is 0 Å². The van der Waals surface area contributed by atoms with Gasteiger partial charge in [-0.1, -0.05) is 29.8 Å². The van der Waals surface area contributed by atoms with Crippen molar-refractivity contribution < 1.29 is 0 Å². The van der Waals surface area contributed by atoms with E-state index in [-0.39, 0.29) is 0 Å². The second kappa shape index (κ2) is 5.34. The molecular formula is C23H24N2. The molecule has 0 amide bonds. The molecule has 2 nitrogen and oxygen atoms in total. The van der Waals surface area contributed by atoms with Gasteiger partial charge in [0.2, 0.25) is 0 Å². The second-order valence-electron chi connectivity index (χ2n) is 7.79. The molecule has 5 rings (SSSR count). The maximum atomic E-state index is 2.60. The van der Waals surface area contributed by atoms with E-state index >= 15 is 0 Å². The highest BCUT2D eigenvalue weighted by molar-refractivity contribution is 5.99. The van der Waals surface area contributed by atoms with Crippen molar-refractivity contribution in [2.45, 2.75) is 33.4 Å². The van der Waals surface area contributed by atoms with E-state index in [1.807, 2.05) is 0 Å². The molecule has 0 aliphatic carbocycles. The van der Waals surface area contributed by atoms with E-state index in [0.29, 0.717) is 0 Å². The van der Waals surface area contributed by atoms with Crippen molar-refractivity contribution in [2.24, 2.45) is 0 Å². The molecule has 0 fully saturated rings. The molecule has 0 bridgehead atoms. The van der Waals surface area contributed by atoms with E-state index in [0.717, 1.165) is 26.1 Å². The Bertz CT molecular complexity index is 1020. The largest absolute Gasteiger partial charge is 0.339 e. The van der Waals surface area contributed by atoms with Gasteiger partial charge in [0.1, 0.15) is 0 Å². The summed E-state index contributed by atoms with van der Waals surface area (Å²) in [6.45, 7) is 7.59. The molecule has 3 aromatic rings. The number of benzene rings is 2. The van der Waals surface area contributed by atoms with Crippen LogP contribution >= 0.6 is 0 Å². The molecule has 0 saturated heterocycles. The van der Waals surface area contributed by atoms with Crippen molar-refractivity contribution in [3.8, 4) is 0 Å². The average molecular weight is 328 g/mol. The van der Waals surface area contributed by atoms with Crippen LogP contribution in [-0.2, 0) is 19.5 Å². The maximum absolute atomic E-state index is 2.60. The number of allylic oxidation sites excluding steroid dienone is 1. The highest BCUT2D eigenvalue weighted by Crippen LogP contribution is 2.39. The van der Waals surface area contributed by atoms with Crippen LogP contribution < -0.4 is 0 Å². The Morgan fingerprint density at radius 3 is 2.52 bits per heavy atom. The molecule has 0 atom stereocenters. The number of rotatable bonds is 1. The van der Waals surface area contributed by atoms with Gasteiger partial charge in [0.05, 0.1) is 5.52 Å². The van der Waals surface area contributed by atoms with Crippen LogP contribution in [0.25, 0.3) is 22.6 Å². The van der Waals surface area contributed by atoms with E-state index in [1.165, 1.54) is 38.7 Å². The number of nitrogens with zero attached hydrogens (tertiary/aromatic N) is 2. The summed E-state index contributed by atoms with van der Waals surface area (Å²) in [6.07, 6.45) is 3.56. The zero-order chi connectivity index (χ0) is 17.1. The standard InChI is InChI=1S/C23H24N2/c1-15-4-6-17(7-5-15)19-12-18-10-16(2)11-20-21-14-24(3)9-8-22(21)25(13-19)23(18)20/h4-7,10-12H,8-9,13-14H2,1-3H3. The van der Waals surface area contributed by atoms with Gasteiger partial charge < -0.3 is 9.47 Å². The summed E-state index contributed by atoms with van der Waals surface area (Å²) in [5.41, 5.74) is 11.4. The fourth-order valence-corrected chi connectivity index (χ4v) is 4.53. The number of hydrogen-bond acceptors (Lipinski definition) is 1. The van der Waals surface area contributed by atoms with Crippen LogP contribution in [0.5, 0.6) is 0 Å². The van der Waals surface area contributed by atoms with Gasteiger partial charge in [-0.3, -0.25) is 0 Å². The summed E-state index contributed by atoms with van der Waals surface area (Å²) in [4.78, 5) is 2.44. The highest BCUT2D eigenvalue weighted by Gasteiger charge is 2.26. The van der Waals surface area contributed by atoms with E-state index < -0.39 is 0 Å². The number of hydrogen-bond donors (Lipinski definition) is 0. The molecule has 2 heteroatoms. The lowest BCUT2D eigenvalue weighted by Crippen LogP contribution is -2.27. The minimum atomic E-state index is 0.995. The highest BCUT2D eigenvalue weighted by atomic mass is 15.1. The maximum Gasteiger partial charge on any atom is 0.0562 e. The quantitative estimate of drug-likeness (QED) is 0.623. The summed E-state index contributed by atoms with van der Waals surface area (Å²) in [7, 11) is 2.23. The lowest BCUT2D eigenvalue weighted by molar-refractivity contribution is 0.310. The summed E-state index contributed by atoms with van der Waals surface area (Å²) in [5.74, 6) is 0. The fraction of sp³-hybridized carbons (Fsp3) is 0.304. The van der Waals surface area contributed by atoms with E-state index in [4.69, 9.17) is 0 Å². The third-order valence-electron chi connectivity index (χ3n) is 5.79. The lowest BCUT2D eigenvalue weighted by Gasteiger charge is -2.25. The van der Waals surface area contributed by atoms with Gasteiger partial charge in [-0.15, -0.1) is 0 Å². The van der Waals surface area contributed by atoms with Crippen molar-refractivity contribution >= 4 is 22.6 Å². The van der Waals surface area contributed by atoms with Gasteiger partial charge in [-0.25, -0.2) is 0 Å². The molecule has 25 heavy (non-hydrogen) atoms. The molecule has 2 aliphatic rings. The normalized spacial score (nSPS) is 16.8. The van der Waals surface area contributed by atoms with Gasteiger partial charge in [0, 0.05) is 37.1 Å². The van der Waals surface area contributed by atoms with Crippen molar-refractivity contribution in [1.82, 2.24) is 9.47 Å². The van der Waals surface area contributed by atoms with Crippen molar-refractivity contribution in [3.63, 3.8) is 0 Å². The van der Waals surface area contributed by atoms with E-state index in [9.17, 15) is 0 Å². The molecule has 2 aromatic carbocycles. The Balaban J connectivity index is 1.74. The van der Waals surface area contributed by atoms with Crippen LogP contribution in [-0.4, -0.2) is 23.1 Å². The van der Waals surface area contributed by atoms with Crippen LogP contribution in [0.1, 0.15) is 33.5 Å². The first kappa shape index (κ1) is 15.0. The Labute approximate surface area is 149 Å². The van der Waals surface area contributed by atoms with Gasteiger partial charge in [-0.05, 0) is 66.9 Å². The Morgan fingerprint density at radius 1 is 0.920 bits per heavy atom. The molecule has 0 spiro atoms. The summed E-state index contributed by atoms with van der Waals surface area (Å²) < 4.78 is 2.60. The van der Waals surface area contributed by atoms with Crippen molar-refractivity contribution in [1.29, 1.82) is 0 Å². The molecule has 126 valence electrons. The van der Waals surface area contributed by atoms with Crippen molar-refractivity contribution in [3.05, 3.63) is 69.9 Å². The molecule has 0 saturated carbocycles. The molecule has 1 aromatic heterocycles. The lowest BCUT2D eigenvalue weighted by atomic mass is 9.96. The molecular weight excluding hydrogens is 304 g/mol. The fourth-order valence-electron chi connectivity index (χ4n) is 4.53. The Kier molecular flexibility index (Phi) is 3.20. The van der Waals surface area contributed by atoms with Gasteiger partial charge in [0.25, 0.3) is 0 Å². The van der Waals surface area contributed by atoms with Crippen LogP contribution in [0, 0.1) is 13.8 Å². The smallest absolute Gasteiger partial charge is 0.0562 e. The summed E-state index contributed by atoms with van der Waals surface area (Å²) in [5, 5.41) is 1.47. The third kappa shape index (κ3) is 2.28. The van der Waals surface area contributed by atoms with Gasteiger partial charge >= 0.3 is 0 Å². The SMILES string of the molecule is Cc1ccc(C2=Cc3cc(C)cc4c5c(n(c34)C2)CCN(C)C5)cc1. The first-order valence-electron chi connectivity index (χ1n) is 9.21. The van der Waals surface area contributed by atoms with E-state index in [2.05, 4.69) is 72.8 Å². The van der Waals surface area contributed by atoms with E-state index in [1.54, 1.807) is 11.3 Å². The Hall–Kier alpha value is -2.32. The zero-order valence-corrected chi connectivity index (χ0v) is 15.3. The molecule has 0 radical (unpaired) electrons. The predicted molar refractivity (Wildman–Crippen MR) is 106 cm³/mol. The average Bonchev–Trinajstić information content (AvgIpc) is 2.89. The van der Waals surface area contributed by atoms with Crippen molar-refractivity contribution in [2.75, 3.05) is 13.6 Å². The predicted octanol–water partition coefficient (Wildman–Crippen LogP) is 4.80. The Morgan fingerprint density at radius 2 is 1.72 bits per heavy atom. The summed E-state index contributed by atoms with van der Waals surface area (Å²) in [6, 6.07) is 13.7. The number of aryl methyl sites for hydroxylation is 2. The minimum Gasteiger partial charge on any atom is -0.339 e. The third-order valence-corrected chi connectivity index (χ3v) is 5.79. The molecule has 0 N–H and O–H groups in total. The van der Waals surface area contributed by atoms with Crippen LogP contribution in [0.15, 0.2) is 36.4 Å². The minimum absolute atomic E-state index is 0.995. The monoisotopic (exact) mass is 328 g/mol. The molecule has 0 unspecified atom stereocenters. The first-order valence-corrected chi connectivity index (χ1v) is 9.21. The van der Waals surface area contributed by atoms with Crippen LogP contribution in [0.3, 0.4) is 0 Å². The number of fused-ring (bicyclic) bond motifs is 3. The number of likely N-dealkylation sites (N-methyl/N-ethyl adjacent to an activating group) is 1. The number of aromatic nitrogens is 1.